The second-order valence-electron chi connectivity index (χ2n) is 6.45. The van der Waals surface area contributed by atoms with Crippen LogP contribution in [0.4, 0.5) is 4.79 Å². The summed E-state index contributed by atoms with van der Waals surface area (Å²) in [5.41, 5.74) is -0.465. The summed E-state index contributed by atoms with van der Waals surface area (Å²) in [6.45, 7) is 12.3. The quantitative estimate of drug-likeness (QED) is 0.846. The number of aliphatic hydroxyl groups excluding tert-OH is 1. The van der Waals surface area contributed by atoms with E-state index in [4.69, 9.17) is 9.84 Å². The molecular formula is C14H28N2O3. The van der Waals surface area contributed by atoms with Crippen molar-refractivity contribution in [3.05, 3.63) is 0 Å². The van der Waals surface area contributed by atoms with E-state index in [0.717, 1.165) is 19.5 Å². The average Bonchev–Trinajstić information content (AvgIpc) is 2.63. The van der Waals surface area contributed by atoms with E-state index >= 15 is 0 Å². The molecule has 1 aliphatic heterocycles. The molecule has 1 N–H and O–H groups in total. The van der Waals surface area contributed by atoms with Crippen molar-refractivity contribution < 1.29 is 14.6 Å². The largest absolute Gasteiger partial charge is 0.444 e. The number of β-amino-alcohol motifs (C(OH)–C–C–N with tert-alkyl or cyclic N) is 1. The van der Waals surface area contributed by atoms with Crippen molar-refractivity contribution in [3.63, 3.8) is 0 Å². The molecular weight excluding hydrogens is 244 g/mol. The van der Waals surface area contributed by atoms with Crippen LogP contribution in [0.25, 0.3) is 0 Å². The van der Waals surface area contributed by atoms with Gasteiger partial charge in [-0.25, -0.2) is 4.79 Å². The minimum atomic E-state index is -0.465. The molecule has 0 aromatic carbocycles. The Balaban J connectivity index is 2.66. The zero-order valence-corrected chi connectivity index (χ0v) is 12.8. The van der Waals surface area contributed by atoms with E-state index in [1.165, 1.54) is 0 Å². The highest BCUT2D eigenvalue weighted by Gasteiger charge is 2.34. The molecule has 1 amide bonds. The fourth-order valence-corrected chi connectivity index (χ4v) is 2.48. The highest BCUT2D eigenvalue weighted by atomic mass is 16.6. The molecule has 1 atom stereocenters. The average molecular weight is 272 g/mol. The summed E-state index contributed by atoms with van der Waals surface area (Å²) in [5, 5.41) is 8.98. The SMILES string of the molecule is CC(C)N(C(=O)OC(C)(C)C)[C@@H]1CCN(CCO)C1. The lowest BCUT2D eigenvalue weighted by Gasteiger charge is -2.34. The van der Waals surface area contributed by atoms with E-state index in [2.05, 4.69) is 4.90 Å². The molecule has 0 aromatic rings. The summed E-state index contributed by atoms with van der Waals surface area (Å²) in [4.78, 5) is 16.3. The van der Waals surface area contributed by atoms with Gasteiger partial charge in [0, 0.05) is 31.7 Å². The summed E-state index contributed by atoms with van der Waals surface area (Å²) < 4.78 is 5.49. The van der Waals surface area contributed by atoms with E-state index in [1.54, 1.807) is 0 Å². The third kappa shape index (κ3) is 4.99. The molecule has 112 valence electrons. The van der Waals surface area contributed by atoms with Crippen molar-refractivity contribution in [2.75, 3.05) is 26.2 Å². The molecule has 0 saturated carbocycles. The first-order valence-electron chi connectivity index (χ1n) is 7.09. The highest BCUT2D eigenvalue weighted by molar-refractivity contribution is 5.69. The fraction of sp³-hybridized carbons (Fsp3) is 0.929. The number of rotatable bonds is 4. The van der Waals surface area contributed by atoms with Gasteiger partial charge < -0.3 is 14.7 Å². The molecule has 1 saturated heterocycles. The summed E-state index contributed by atoms with van der Waals surface area (Å²) in [6, 6.07) is 0.301. The Bertz CT molecular complexity index is 300. The van der Waals surface area contributed by atoms with Gasteiger partial charge in [-0.3, -0.25) is 4.90 Å². The van der Waals surface area contributed by atoms with Gasteiger partial charge in [-0.05, 0) is 41.0 Å². The van der Waals surface area contributed by atoms with E-state index in [-0.39, 0.29) is 24.8 Å². The molecule has 1 fully saturated rings. The molecule has 0 unspecified atom stereocenters. The first-order valence-corrected chi connectivity index (χ1v) is 7.09. The first-order chi connectivity index (χ1) is 8.74. The maximum Gasteiger partial charge on any atom is 0.410 e. The third-order valence-electron chi connectivity index (χ3n) is 3.22. The van der Waals surface area contributed by atoms with Crippen LogP contribution < -0.4 is 0 Å². The minimum absolute atomic E-state index is 0.119. The van der Waals surface area contributed by atoms with E-state index < -0.39 is 5.60 Å². The van der Waals surface area contributed by atoms with Gasteiger partial charge in [-0.1, -0.05) is 0 Å². The van der Waals surface area contributed by atoms with Gasteiger partial charge >= 0.3 is 6.09 Å². The van der Waals surface area contributed by atoms with Gasteiger partial charge in [0.1, 0.15) is 5.60 Å². The van der Waals surface area contributed by atoms with Crippen molar-refractivity contribution in [2.45, 2.75) is 58.7 Å². The second kappa shape index (κ2) is 6.57. The van der Waals surface area contributed by atoms with Crippen LogP contribution in [0.1, 0.15) is 41.0 Å². The topological polar surface area (TPSA) is 53.0 Å². The van der Waals surface area contributed by atoms with Crippen molar-refractivity contribution in [1.82, 2.24) is 9.80 Å². The van der Waals surface area contributed by atoms with Crippen LogP contribution in [-0.4, -0.2) is 64.9 Å². The van der Waals surface area contributed by atoms with Crippen molar-refractivity contribution >= 4 is 6.09 Å². The number of hydrogen-bond donors (Lipinski definition) is 1. The Morgan fingerprint density at radius 1 is 1.47 bits per heavy atom. The zero-order valence-electron chi connectivity index (χ0n) is 12.8. The Hall–Kier alpha value is -0.810. The second-order valence-corrected chi connectivity index (χ2v) is 6.45. The minimum Gasteiger partial charge on any atom is -0.444 e. The van der Waals surface area contributed by atoms with Gasteiger partial charge in [0.05, 0.1) is 6.61 Å². The van der Waals surface area contributed by atoms with Crippen molar-refractivity contribution in [2.24, 2.45) is 0 Å². The Kier molecular flexibility index (Phi) is 5.62. The molecule has 5 nitrogen and oxygen atoms in total. The molecule has 1 rings (SSSR count). The van der Waals surface area contributed by atoms with Crippen LogP contribution in [0.2, 0.25) is 0 Å². The van der Waals surface area contributed by atoms with E-state index in [0.29, 0.717) is 6.54 Å². The maximum absolute atomic E-state index is 12.3. The summed E-state index contributed by atoms with van der Waals surface area (Å²) >= 11 is 0. The van der Waals surface area contributed by atoms with Gasteiger partial charge in [0.15, 0.2) is 0 Å². The van der Waals surface area contributed by atoms with E-state index in [9.17, 15) is 4.79 Å². The normalized spacial score (nSPS) is 20.9. The molecule has 19 heavy (non-hydrogen) atoms. The van der Waals surface area contributed by atoms with Crippen LogP contribution in [0, 0.1) is 0 Å². The van der Waals surface area contributed by atoms with Gasteiger partial charge in [0.2, 0.25) is 0 Å². The summed E-state index contributed by atoms with van der Waals surface area (Å²) in [6.07, 6.45) is 0.704. The first kappa shape index (κ1) is 16.2. The lowest BCUT2D eigenvalue weighted by Crippen LogP contribution is -2.48. The predicted molar refractivity (Wildman–Crippen MR) is 75.1 cm³/mol. The molecule has 0 bridgehead atoms. The lowest BCUT2D eigenvalue weighted by molar-refractivity contribution is 0.00937. The number of hydrogen-bond acceptors (Lipinski definition) is 4. The molecule has 0 aliphatic carbocycles. The number of aliphatic hydroxyl groups is 1. The van der Waals surface area contributed by atoms with Crippen molar-refractivity contribution in [1.29, 1.82) is 0 Å². The monoisotopic (exact) mass is 272 g/mol. The summed E-state index contributed by atoms with van der Waals surface area (Å²) in [7, 11) is 0. The Labute approximate surface area is 116 Å². The molecule has 1 heterocycles. The molecule has 0 radical (unpaired) electrons. The molecule has 5 heteroatoms. The number of amides is 1. The zero-order chi connectivity index (χ0) is 14.6. The van der Waals surface area contributed by atoms with Crippen LogP contribution in [0.15, 0.2) is 0 Å². The predicted octanol–water partition coefficient (Wildman–Crippen LogP) is 1.70. The molecule has 0 aromatic heterocycles. The van der Waals surface area contributed by atoms with Gasteiger partial charge in [0.25, 0.3) is 0 Å². The lowest BCUT2D eigenvalue weighted by atomic mass is 10.2. The number of likely N-dealkylation sites (tertiary alicyclic amines) is 1. The number of carbonyl (C=O) groups is 1. The fourth-order valence-electron chi connectivity index (χ4n) is 2.48. The number of ether oxygens (including phenoxy) is 1. The van der Waals surface area contributed by atoms with Crippen LogP contribution in [0.5, 0.6) is 0 Å². The molecule has 1 aliphatic rings. The molecule has 0 spiro atoms. The van der Waals surface area contributed by atoms with Crippen LogP contribution in [0.3, 0.4) is 0 Å². The third-order valence-corrected chi connectivity index (χ3v) is 3.22. The van der Waals surface area contributed by atoms with Crippen molar-refractivity contribution in [3.8, 4) is 0 Å². The Morgan fingerprint density at radius 3 is 2.58 bits per heavy atom. The number of nitrogens with zero attached hydrogens (tertiary/aromatic N) is 2. The smallest absolute Gasteiger partial charge is 0.410 e. The number of carbonyl (C=O) groups excluding carboxylic acids is 1. The maximum atomic E-state index is 12.3. The highest BCUT2D eigenvalue weighted by Crippen LogP contribution is 2.21. The van der Waals surface area contributed by atoms with Gasteiger partial charge in [-0.2, -0.15) is 0 Å². The van der Waals surface area contributed by atoms with Crippen LogP contribution >= 0.6 is 0 Å². The van der Waals surface area contributed by atoms with Gasteiger partial charge in [-0.15, -0.1) is 0 Å². The standard InChI is InChI=1S/C14H28N2O3/c1-11(2)16(13(18)19-14(3,4)5)12-6-7-15(10-12)8-9-17/h11-12,17H,6-10H2,1-5H3/t12-/m1/s1. The van der Waals surface area contributed by atoms with E-state index in [1.807, 2.05) is 39.5 Å². The summed E-state index contributed by atoms with van der Waals surface area (Å²) in [5.74, 6) is 0. The Morgan fingerprint density at radius 2 is 2.11 bits per heavy atom. The van der Waals surface area contributed by atoms with Crippen LogP contribution in [-0.2, 0) is 4.74 Å².